The number of hydrogen-bond acceptors (Lipinski definition) is 3. The summed E-state index contributed by atoms with van der Waals surface area (Å²) in [6.45, 7) is 4.60. The predicted molar refractivity (Wildman–Crippen MR) is 95.0 cm³/mol. The number of carbonyl (C=O) groups excluding carboxylic acids is 1. The van der Waals surface area contributed by atoms with Crippen molar-refractivity contribution in [3.05, 3.63) is 65.7 Å². The molecule has 0 aromatic heterocycles. The first-order chi connectivity index (χ1) is 11.6. The van der Waals surface area contributed by atoms with Crippen molar-refractivity contribution >= 4 is 5.91 Å². The van der Waals surface area contributed by atoms with Crippen LogP contribution < -0.4 is 10.1 Å². The molecular weight excluding hydrogens is 302 g/mol. The van der Waals surface area contributed by atoms with Crippen LogP contribution in [0.25, 0.3) is 0 Å². The second kappa shape index (κ2) is 9.08. The lowest BCUT2D eigenvalue weighted by molar-refractivity contribution is 0.0916. The Hall–Kier alpha value is -2.33. The molecule has 24 heavy (non-hydrogen) atoms. The number of hydrogen-bond donors (Lipinski definition) is 2. The molecule has 2 N–H and O–H groups in total. The lowest BCUT2D eigenvalue weighted by Crippen LogP contribution is -2.39. The summed E-state index contributed by atoms with van der Waals surface area (Å²) in [7, 11) is 0. The summed E-state index contributed by atoms with van der Waals surface area (Å²) in [5.74, 6) is 0.987. The highest BCUT2D eigenvalue weighted by Crippen LogP contribution is 2.13. The van der Waals surface area contributed by atoms with Crippen molar-refractivity contribution in [2.75, 3.05) is 6.61 Å². The van der Waals surface area contributed by atoms with E-state index in [1.54, 1.807) is 12.1 Å². The van der Waals surface area contributed by atoms with Gasteiger partial charge < -0.3 is 15.2 Å². The van der Waals surface area contributed by atoms with Gasteiger partial charge in [0.2, 0.25) is 0 Å². The lowest BCUT2D eigenvalue weighted by atomic mass is 10.0. The van der Waals surface area contributed by atoms with Crippen LogP contribution in [0.4, 0.5) is 0 Å². The third kappa shape index (κ3) is 5.39. The van der Waals surface area contributed by atoms with E-state index in [2.05, 4.69) is 5.32 Å². The molecule has 0 radical (unpaired) electrons. The van der Waals surface area contributed by atoms with E-state index in [1.165, 1.54) is 0 Å². The van der Waals surface area contributed by atoms with Gasteiger partial charge in [-0.2, -0.15) is 0 Å². The van der Waals surface area contributed by atoms with Crippen molar-refractivity contribution in [2.45, 2.75) is 32.9 Å². The Kier molecular flexibility index (Phi) is 6.82. The summed E-state index contributed by atoms with van der Waals surface area (Å²) in [6, 6.07) is 17.0. The number of benzene rings is 2. The van der Waals surface area contributed by atoms with Gasteiger partial charge in [-0.3, -0.25) is 4.79 Å². The van der Waals surface area contributed by atoms with Crippen LogP contribution in [-0.4, -0.2) is 23.7 Å². The van der Waals surface area contributed by atoms with Crippen LogP contribution in [0.1, 0.15) is 36.2 Å². The fourth-order valence-corrected chi connectivity index (χ4v) is 2.40. The highest BCUT2D eigenvalue weighted by molar-refractivity contribution is 5.94. The molecule has 128 valence electrons. The average molecular weight is 327 g/mol. The van der Waals surface area contributed by atoms with E-state index in [0.717, 1.165) is 11.3 Å². The van der Waals surface area contributed by atoms with Gasteiger partial charge in [-0.25, -0.2) is 0 Å². The van der Waals surface area contributed by atoms with Crippen LogP contribution in [-0.2, 0) is 6.61 Å². The molecule has 1 atom stereocenters. The Balaban J connectivity index is 1.92. The number of ether oxygens (including phenoxy) is 1. The van der Waals surface area contributed by atoms with Crippen molar-refractivity contribution < 1.29 is 14.6 Å². The van der Waals surface area contributed by atoms with Gasteiger partial charge in [0.05, 0.1) is 0 Å². The first-order valence-electron chi connectivity index (χ1n) is 8.28. The molecule has 0 bridgehead atoms. The van der Waals surface area contributed by atoms with Crippen LogP contribution in [0.2, 0.25) is 0 Å². The van der Waals surface area contributed by atoms with Crippen molar-refractivity contribution in [3.8, 4) is 5.75 Å². The fourth-order valence-electron chi connectivity index (χ4n) is 2.40. The van der Waals surface area contributed by atoms with E-state index in [0.29, 0.717) is 18.6 Å². The van der Waals surface area contributed by atoms with Gasteiger partial charge in [-0.15, -0.1) is 0 Å². The van der Waals surface area contributed by atoms with E-state index in [9.17, 15) is 4.79 Å². The SMILES string of the molecule is CC(C)[C@@H](CCO)NC(=O)c1ccc(COc2ccccc2)cc1. The van der Waals surface area contributed by atoms with E-state index in [4.69, 9.17) is 9.84 Å². The Labute approximate surface area is 143 Å². The molecule has 0 aliphatic heterocycles. The molecule has 0 aliphatic rings. The maximum Gasteiger partial charge on any atom is 0.251 e. The molecule has 1 amide bonds. The molecule has 2 aromatic carbocycles. The number of amides is 1. The normalized spacial score (nSPS) is 12.0. The van der Waals surface area contributed by atoms with Crippen LogP contribution in [0, 0.1) is 5.92 Å². The van der Waals surface area contributed by atoms with Crippen molar-refractivity contribution in [1.82, 2.24) is 5.32 Å². The molecule has 0 aliphatic carbocycles. The van der Waals surface area contributed by atoms with Gasteiger partial charge in [0.25, 0.3) is 5.91 Å². The zero-order valence-corrected chi connectivity index (χ0v) is 14.2. The number of aliphatic hydroxyl groups excluding tert-OH is 1. The second-order valence-corrected chi connectivity index (χ2v) is 6.13. The lowest BCUT2D eigenvalue weighted by Gasteiger charge is -2.21. The van der Waals surface area contributed by atoms with E-state index >= 15 is 0 Å². The summed E-state index contributed by atoms with van der Waals surface area (Å²) in [6.07, 6.45) is 0.562. The summed E-state index contributed by atoms with van der Waals surface area (Å²) in [4.78, 5) is 12.3. The number of nitrogens with one attached hydrogen (secondary N) is 1. The second-order valence-electron chi connectivity index (χ2n) is 6.13. The molecule has 4 heteroatoms. The van der Waals surface area contributed by atoms with Crippen LogP contribution in [0.15, 0.2) is 54.6 Å². The topological polar surface area (TPSA) is 58.6 Å². The van der Waals surface area contributed by atoms with Gasteiger partial charge in [0.1, 0.15) is 12.4 Å². The minimum absolute atomic E-state index is 0.0245. The summed E-state index contributed by atoms with van der Waals surface area (Å²) < 4.78 is 5.69. The summed E-state index contributed by atoms with van der Waals surface area (Å²) in [5.41, 5.74) is 1.62. The Bertz CT molecular complexity index is 623. The minimum Gasteiger partial charge on any atom is -0.489 e. The molecule has 0 saturated heterocycles. The smallest absolute Gasteiger partial charge is 0.251 e. The molecule has 0 unspecified atom stereocenters. The minimum atomic E-state index is -0.113. The van der Waals surface area contributed by atoms with Crippen LogP contribution in [0.5, 0.6) is 5.75 Å². The third-order valence-corrected chi connectivity index (χ3v) is 3.93. The number of aliphatic hydroxyl groups is 1. The van der Waals surface area contributed by atoms with Crippen LogP contribution in [0.3, 0.4) is 0 Å². The van der Waals surface area contributed by atoms with Crippen molar-refractivity contribution in [2.24, 2.45) is 5.92 Å². The quantitative estimate of drug-likeness (QED) is 0.781. The monoisotopic (exact) mass is 327 g/mol. The molecule has 0 spiro atoms. The van der Waals surface area contributed by atoms with Gasteiger partial charge in [-0.05, 0) is 42.2 Å². The Morgan fingerprint density at radius 3 is 2.33 bits per heavy atom. The maximum atomic E-state index is 12.3. The van der Waals surface area contributed by atoms with Crippen molar-refractivity contribution in [3.63, 3.8) is 0 Å². The molecule has 0 fully saturated rings. The summed E-state index contributed by atoms with van der Waals surface area (Å²) in [5, 5.41) is 12.1. The maximum absolute atomic E-state index is 12.3. The largest absolute Gasteiger partial charge is 0.489 e. The molecule has 0 saturated carbocycles. The zero-order valence-electron chi connectivity index (χ0n) is 14.2. The zero-order chi connectivity index (χ0) is 17.4. The van der Waals surface area contributed by atoms with Crippen molar-refractivity contribution in [1.29, 1.82) is 0 Å². The number of carbonyl (C=O) groups is 1. The Morgan fingerprint density at radius 1 is 1.08 bits per heavy atom. The first kappa shape index (κ1) is 18.0. The third-order valence-electron chi connectivity index (χ3n) is 3.93. The average Bonchev–Trinajstić information content (AvgIpc) is 2.60. The number of rotatable bonds is 8. The van der Waals surface area contributed by atoms with Crippen LogP contribution >= 0.6 is 0 Å². The van der Waals surface area contributed by atoms with Gasteiger partial charge in [0, 0.05) is 18.2 Å². The fraction of sp³-hybridized carbons (Fsp3) is 0.350. The van der Waals surface area contributed by atoms with Gasteiger partial charge >= 0.3 is 0 Å². The Morgan fingerprint density at radius 2 is 1.75 bits per heavy atom. The molecule has 2 aromatic rings. The predicted octanol–water partition coefficient (Wildman–Crippen LogP) is 3.40. The molecule has 2 rings (SSSR count). The first-order valence-corrected chi connectivity index (χ1v) is 8.28. The highest BCUT2D eigenvalue weighted by Gasteiger charge is 2.16. The molecule has 4 nitrogen and oxygen atoms in total. The van der Waals surface area contributed by atoms with E-state index in [-0.39, 0.29) is 24.5 Å². The van der Waals surface area contributed by atoms with E-state index in [1.807, 2.05) is 56.3 Å². The summed E-state index contributed by atoms with van der Waals surface area (Å²) >= 11 is 0. The van der Waals surface area contributed by atoms with Gasteiger partial charge in [-0.1, -0.05) is 44.2 Å². The standard InChI is InChI=1S/C20H25NO3/c1-15(2)19(12-13-22)21-20(23)17-10-8-16(9-11-17)14-24-18-6-4-3-5-7-18/h3-11,15,19,22H,12-14H2,1-2H3,(H,21,23)/t19-/m1/s1. The molecular formula is C20H25NO3. The van der Waals surface area contributed by atoms with E-state index < -0.39 is 0 Å². The van der Waals surface area contributed by atoms with Gasteiger partial charge in [0.15, 0.2) is 0 Å². The molecule has 0 heterocycles. The highest BCUT2D eigenvalue weighted by atomic mass is 16.5. The number of para-hydroxylation sites is 1.